The molecule has 0 saturated carbocycles. The summed E-state index contributed by atoms with van der Waals surface area (Å²) in [6.07, 6.45) is 9.31. The molecule has 3 heteroatoms. The van der Waals surface area contributed by atoms with Crippen LogP contribution in [-0.2, 0) is 4.79 Å². The van der Waals surface area contributed by atoms with Crippen LogP contribution < -0.4 is 5.32 Å². The fourth-order valence-corrected chi connectivity index (χ4v) is 2.54. The fraction of sp³-hybridized carbons (Fsp3) is 0.611. The third kappa shape index (κ3) is 9.11. The summed E-state index contributed by atoms with van der Waals surface area (Å²) in [5.74, 6) is -0.683. The third-order valence-corrected chi connectivity index (χ3v) is 3.74. The van der Waals surface area contributed by atoms with Crippen LogP contribution in [0, 0.1) is 0 Å². The van der Waals surface area contributed by atoms with Crippen molar-refractivity contribution < 1.29 is 9.90 Å². The van der Waals surface area contributed by atoms with Crippen LogP contribution >= 0.6 is 0 Å². The van der Waals surface area contributed by atoms with Crippen molar-refractivity contribution in [3.63, 3.8) is 0 Å². The first kappa shape index (κ1) is 17.5. The summed E-state index contributed by atoms with van der Waals surface area (Å²) in [7, 11) is 0. The lowest BCUT2D eigenvalue weighted by Crippen LogP contribution is -2.19. The maximum absolute atomic E-state index is 10.5. The largest absolute Gasteiger partial charge is 0.481 e. The zero-order valence-corrected chi connectivity index (χ0v) is 13.2. The SMILES string of the molecule is CCCCCC(CCCCCC(=O)O)Nc1ccccc1. The van der Waals surface area contributed by atoms with Crippen LogP contribution in [0.3, 0.4) is 0 Å². The minimum absolute atomic E-state index is 0.298. The van der Waals surface area contributed by atoms with Crippen molar-refractivity contribution in [1.82, 2.24) is 0 Å². The summed E-state index contributed by atoms with van der Waals surface area (Å²) in [5, 5.41) is 12.3. The number of unbranched alkanes of at least 4 members (excludes halogenated alkanes) is 4. The van der Waals surface area contributed by atoms with Crippen LogP contribution in [0.25, 0.3) is 0 Å². The van der Waals surface area contributed by atoms with E-state index in [0.29, 0.717) is 12.5 Å². The van der Waals surface area contributed by atoms with Gasteiger partial charge in [0, 0.05) is 18.2 Å². The molecule has 0 radical (unpaired) electrons. The Morgan fingerprint density at radius 3 is 2.33 bits per heavy atom. The highest BCUT2D eigenvalue weighted by molar-refractivity contribution is 5.66. The molecule has 0 aliphatic rings. The first-order chi connectivity index (χ1) is 10.2. The van der Waals surface area contributed by atoms with E-state index in [2.05, 4.69) is 36.5 Å². The molecule has 21 heavy (non-hydrogen) atoms. The summed E-state index contributed by atoms with van der Waals surface area (Å²) >= 11 is 0. The van der Waals surface area contributed by atoms with Gasteiger partial charge in [-0.25, -0.2) is 0 Å². The number of aliphatic carboxylic acids is 1. The molecule has 1 unspecified atom stereocenters. The average Bonchev–Trinajstić information content (AvgIpc) is 2.47. The van der Waals surface area contributed by atoms with Crippen LogP contribution in [0.4, 0.5) is 5.69 Å². The highest BCUT2D eigenvalue weighted by Crippen LogP contribution is 2.17. The Kier molecular flexibility index (Phi) is 9.34. The number of nitrogens with one attached hydrogen (secondary N) is 1. The van der Waals surface area contributed by atoms with Crippen molar-refractivity contribution in [3.8, 4) is 0 Å². The topological polar surface area (TPSA) is 49.3 Å². The van der Waals surface area contributed by atoms with Crippen molar-refractivity contribution in [3.05, 3.63) is 30.3 Å². The molecule has 1 rings (SSSR count). The molecule has 3 nitrogen and oxygen atoms in total. The molecular formula is C18H29NO2. The molecule has 0 spiro atoms. The lowest BCUT2D eigenvalue weighted by Gasteiger charge is -2.20. The Morgan fingerprint density at radius 1 is 1.05 bits per heavy atom. The molecule has 0 heterocycles. The number of hydrogen-bond donors (Lipinski definition) is 2. The van der Waals surface area contributed by atoms with Crippen molar-refractivity contribution in [2.45, 2.75) is 70.8 Å². The van der Waals surface area contributed by atoms with Crippen molar-refractivity contribution in [1.29, 1.82) is 0 Å². The van der Waals surface area contributed by atoms with Gasteiger partial charge in [0.05, 0.1) is 0 Å². The minimum atomic E-state index is -0.683. The molecule has 0 bridgehead atoms. The molecule has 0 aliphatic carbocycles. The highest BCUT2D eigenvalue weighted by atomic mass is 16.4. The number of para-hydroxylation sites is 1. The standard InChI is InChI=1S/C18H29NO2/c1-2-3-6-11-16(14-9-5-10-15-18(20)21)19-17-12-7-4-8-13-17/h4,7-8,12-13,16,19H,2-3,5-6,9-11,14-15H2,1H3,(H,20,21). The van der Waals surface area contributed by atoms with Gasteiger partial charge in [0.1, 0.15) is 0 Å². The number of hydrogen-bond acceptors (Lipinski definition) is 2. The van der Waals surface area contributed by atoms with Crippen LogP contribution in [-0.4, -0.2) is 17.1 Å². The molecule has 1 aromatic carbocycles. The quantitative estimate of drug-likeness (QED) is 0.528. The van der Waals surface area contributed by atoms with Gasteiger partial charge in [-0.3, -0.25) is 4.79 Å². The Balaban J connectivity index is 2.31. The second-order valence-electron chi connectivity index (χ2n) is 5.70. The van der Waals surface area contributed by atoms with E-state index in [1.54, 1.807) is 0 Å². The number of anilines is 1. The molecule has 0 saturated heterocycles. The Morgan fingerprint density at radius 2 is 1.71 bits per heavy atom. The van der Waals surface area contributed by atoms with E-state index in [-0.39, 0.29) is 0 Å². The second kappa shape index (κ2) is 11.2. The first-order valence-corrected chi connectivity index (χ1v) is 8.25. The van der Waals surface area contributed by atoms with E-state index in [9.17, 15) is 4.79 Å². The van der Waals surface area contributed by atoms with Gasteiger partial charge in [-0.05, 0) is 31.4 Å². The lowest BCUT2D eigenvalue weighted by molar-refractivity contribution is -0.137. The third-order valence-electron chi connectivity index (χ3n) is 3.74. The van der Waals surface area contributed by atoms with Crippen LogP contribution in [0.15, 0.2) is 30.3 Å². The molecule has 0 amide bonds. The molecule has 118 valence electrons. The maximum Gasteiger partial charge on any atom is 0.303 e. The smallest absolute Gasteiger partial charge is 0.303 e. The summed E-state index contributed by atoms with van der Waals surface area (Å²) in [6.45, 7) is 2.23. The number of carboxylic acids is 1. The van der Waals surface area contributed by atoms with Gasteiger partial charge in [-0.15, -0.1) is 0 Å². The minimum Gasteiger partial charge on any atom is -0.481 e. The normalized spacial score (nSPS) is 12.0. The van der Waals surface area contributed by atoms with E-state index in [0.717, 1.165) is 25.7 Å². The number of carboxylic acid groups (broad SMARTS) is 1. The van der Waals surface area contributed by atoms with Crippen molar-refractivity contribution >= 4 is 11.7 Å². The van der Waals surface area contributed by atoms with E-state index >= 15 is 0 Å². The number of benzene rings is 1. The fourth-order valence-electron chi connectivity index (χ4n) is 2.54. The summed E-state index contributed by atoms with van der Waals surface area (Å²) in [5.41, 5.74) is 1.18. The Bertz CT molecular complexity index is 378. The maximum atomic E-state index is 10.5. The molecule has 2 N–H and O–H groups in total. The molecule has 0 fully saturated rings. The van der Waals surface area contributed by atoms with Crippen molar-refractivity contribution in [2.24, 2.45) is 0 Å². The van der Waals surface area contributed by atoms with E-state index < -0.39 is 5.97 Å². The van der Waals surface area contributed by atoms with Gasteiger partial charge in [0.2, 0.25) is 0 Å². The Hall–Kier alpha value is -1.51. The summed E-state index contributed by atoms with van der Waals surface area (Å²) in [4.78, 5) is 10.5. The van der Waals surface area contributed by atoms with Gasteiger partial charge in [-0.1, -0.05) is 57.2 Å². The predicted octanol–water partition coefficient (Wildman–Crippen LogP) is 5.08. The van der Waals surface area contributed by atoms with E-state index in [4.69, 9.17) is 5.11 Å². The predicted molar refractivity (Wildman–Crippen MR) is 88.7 cm³/mol. The van der Waals surface area contributed by atoms with Crippen LogP contribution in [0.1, 0.15) is 64.7 Å². The molecule has 1 aromatic rings. The van der Waals surface area contributed by atoms with Crippen LogP contribution in [0.5, 0.6) is 0 Å². The molecular weight excluding hydrogens is 262 g/mol. The Labute approximate surface area is 128 Å². The van der Waals surface area contributed by atoms with Gasteiger partial charge in [-0.2, -0.15) is 0 Å². The van der Waals surface area contributed by atoms with E-state index in [1.807, 2.05) is 6.07 Å². The zero-order chi connectivity index (χ0) is 15.3. The number of rotatable bonds is 12. The molecule has 1 atom stereocenters. The second-order valence-corrected chi connectivity index (χ2v) is 5.70. The van der Waals surface area contributed by atoms with Crippen molar-refractivity contribution in [2.75, 3.05) is 5.32 Å². The van der Waals surface area contributed by atoms with Gasteiger partial charge in [0.25, 0.3) is 0 Å². The monoisotopic (exact) mass is 291 g/mol. The van der Waals surface area contributed by atoms with Gasteiger partial charge >= 0.3 is 5.97 Å². The molecule has 0 aromatic heterocycles. The lowest BCUT2D eigenvalue weighted by atomic mass is 10.0. The van der Waals surface area contributed by atoms with Crippen LogP contribution in [0.2, 0.25) is 0 Å². The highest BCUT2D eigenvalue weighted by Gasteiger charge is 2.08. The first-order valence-electron chi connectivity index (χ1n) is 8.25. The number of carbonyl (C=O) groups is 1. The average molecular weight is 291 g/mol. The summed E-state index contributed by atoms with van der Waals surface area (Å²) < 4.78 is 0. The van der Waals surface area contributed by atoms with Gasteiger partial charge < -0.3 is 10.4 Å². The summed E-state index contributed by atoms with van der Waals surface area (Å²) in [6, 6.07) is 10.9. The van der Waals surface area contributed by atoms with E-state index in [1.165, 1.54) is 31.4 Å². The van der Waals surface area contributed by atoms with Gasteiger partial charge in [0.15, 0.2) is 0 Å². The zero-order valence-electron chi connectivity index (χ0n) is 13.2. The molecule has 0 aliphatic heterocycles.